The Morgan fingerprint density at radius 1 is 1.29 bits per heavy atom. The first kappa shape index (κ1) is 14.1. The lowest BCUT2D eigenvalue weighted by Crippen LogP contribution is -2.47. The summed E-state index contributed by atoms with van der Waals surface area (Å²) in [5, 5.41) is 8.97. The number of rotatable bonds is 3. The molecule has 1 aromatic heterocycles. The van der Waals surface area contributed by atoms with Crippen LogP contribution in [-0.2, 0) is 11.4 Å². The quantitative estimate of drug-likeness (QED) is 0.902. The molecular formula is C15H20N2O4. The minimum atomic E-state index is -0.202. The molecule has 1 N–H and O–H groups in total. The first-order chi connectivity index (χ1) is 10.2. The summed E-state index contributed by atoms with van der Waals surface area (Å²) in [5.41, 5.74) is 0. The minimum absolute atomic E-state index is 0.138. The molecule has 6 heteroatoms. The third-order valence-corrected chi connectivity index (χ3v) is 4.33. The molecule has 3 heterocycles. The van der Waals surface area contributed by atoms with Crippen LogP contribution in [-0.4, -0.2) is 52.4 Å². The second kappa shape index (κ2) is 5.89. The van der Waals surface area contributed by atoms with E-state index >= 15 is 0 Å². The number of furan rings is 1. The zero-order valence-corrected chi connectivity index (χ0v) is 12.0. The van der Waals surface area contributed by atoms with Crippen LogP contribution in [0.2, 0.25) is 0 Å². The minimum Gasteiger partial charge on any atom is -0.453 e. The Labute approximate surface area is 123 Å². The van der Waals surface area contributed by atoms with Gasteiger partial charge in [0.25, 0.3) is 5.91 Å². The van der Waals surface area contributed by atoms with Gasteiger partial charge >= 0.3 is 0 Å². The molecule has 1 aromatic rings. The highest BCUT2D eigenvalue weighted by molar-refractivity contribution is 5.91. The summed E-state index contributed by atoms with van der Waals surface area (Å²) in [5.74, 6) is 0.782. The molecule has 2 aliphatic rings. The summed E-state index contributed by atoms with van der Waals surface area (Å²) < 4.78 is 5.29. The van der Waals surface area contributed by atoms with Crippen LogP contribution in [0.4, 0.5) is 0 Å². The maximum Gasteiger partial charge on any atom is 0.289 e. The van der Waals surface area contributed by atoms with Crippen LogP contribution in [0.15, 0.2) is 16.5 Å². The first-order valence-electron chi connectivity index (χ1n) is 7.47. The summed E-state index contributed by atoms with van der Waals surface area (Å²) in [6, 6.07) is 3.49. The number of carbonyl (C=O) groups excluding carboxylic acids is 2. The molecule has 0 aliphatic carbocycles. The van der Waals surface area contributed by atoms with E-state index in [1.807, 2.05) is 4.90 Å². The number of hydrogen-bond donors (Lipinski definition) is 1. The maximum absolute atomic E-state index is 12.3. The Morgan fingerprint density at radius 3 is 2.62 bits per heavy atom. The summed E-state index contributed by atoms with van der Waals surface area (Å²) in [4.78, 5) is 27.8. The molecule has 2 amide bonds. The third kappa shape index (κ3) is 2.81. The van der Waals surface area contributed by atoms with Crippen molar-refractivity contribution in [2.24, 2.45) is 0 Å². The zero-order chi connectivity index (χ0) is 14.8. The lowest BCUT2D eigenvalue weighted by molar-refractivity contribution is -0.130. The van der Waals surface area contributed by atoms with Gasteiger partial charge in [-0.3, -0.25) is 9.59 Å². The molecule has 0 radical (unpaired) electrons. The average Bonchev–Trinajstić information content (AvgIpc) is 3.15. The van der Waals surface area contributed by atoms with Crippen molar-refractivity contribution < 1.29 is 19.1 Å². The fraction of sp³-hybridized carbons (Fsp3) is 0.600. The Morgan fingerprint density at radius 2 is 2.05 bits per heavy atom. The van der Waals surface area contributed by atoms with E-state index in [4.69, 9.17) is 9.52 Å². The zero-order valence-electron chi connectivity index (χ0n) is 12.0. The van der Waals surface area contributed by atoms with Gasteiger partial charge in [0.05, 0.1) is 0 Å². The molecule has 21 heavy (non-hydrogen) atoms. The number of hydrogen-bond acceptors (Lipinski definition) is 4. The topological polar surface area (TPSA) is 74.0 Å². The van der Waals surface area contributed by atoms with E-state index in [0.717, 1.165) is 25.8 Å². The van der Waals surface area contributed by atoms with E-state index in [2.05, 4.69) is 0 Å². The molecule has 2 saturated heterocycles. The Kier molecular flexibility index (Phi) is 3.96. The lowest BCUT2D eigenvalue weighted by atomic mass is 10.0. The maximum atomic E-state index is 12.3. The number of likely N-dealkylation sites (tertiary alicyclic amines) is 2. The van der Waals surface area contributed by atoms with Crippen molar-refractivity contribution in [1.29, 1.82) is 0 Å². The molecule has 6 nitrogen and oxygen atoms in total. The van der Waals surface area contributed by atoms with Crippen molar-refractivity contribution in [3.05, 3.63) is 23.7 Å². The van der Waals surface area contributed by atoms with Crippen molar-refractivity contribution in [2.45, 2.75) is 38.3 Å². The van der Waals surface area contributed by atoms with Gasteiger partial charge in [0.15, 0.2) is 5.76 Å². The molecule has 0 atom stereocenters. The standard InChI is InChI=1S/C15H20N2O4/c18-10-12-3-4-13(21-12)15(20)16-8-5-11(6-9-16)17-7-1-2-14(17)19/h3-4,11,18H,1-2,5-10H2. The normalized spacial score (nSPS) is 20.3. The molecule has 3 rings (SSSR count). The van der Waals surface area contributed by atoms with Crippen LogP contribution < -0.4 is 0 Å². The van der Waals surface area contributed by atoms with Gasteiger partial charge in [-0.05, 0) is 31.4 Å². The Bertz CT molecular complexity index is 532. The molecule has 0 bridgehead atoms. The first-order valence-corrected chi connectivity index (χ1v) is 7.47. The van der Waals surface area contributed by atoms with Crippen molar-refractivity contribution in [1.82, 2.24) is 9.80 Å². The Hall–Kier alpha value is -1.82. The van der Waals surface area contributed by atoms with Gasteiger partial charge in [-0.15, -0.1) is 0 Å². The smallest absolute Gasteiger partial charge is 0.289 e. The molecule has 2 fully saturated rings. The summed E-state index contributed by atoms with van der Waals surface area (Å²) >= 11 is 0. The fourth-order valence-corrected chi connectivity index (χ4v) is 3.17. The van der Waals surface area contributed by atoms with E-state index in [-0.39, 0.29) is 30.2 Å². The highest BCUT2D eigenvalue weighted by atomic mass is 16.4. The lowest BCUT2D eigenvalue weighted by Gasteiger charge is -2.36. The van der Waals surface area contributed by atoms with Gasteiger partial charge in [-0.1, -0.05) is 0 Å². The molecular weight excluding hydrogens is 272 g/mol. The number of aliphatic hydroxyl groups is 1. The molecule has 0 aromatic carbocycles. The summed E-state index contributed by atoms with van der Waals surface area (Å²) in [7, 11) is 0. The van der Waals surface area contributed by atoms with Gasteiger partial charge < -0.3 is 19.3 Å². The van der Waals surface area contributed by atoms with Gasteiger partial charge in [-0.2, -0.15) is 0 Å². The number of piperidine rings is 1. The largest absolute Gasteiger partial charge is 0.453 e. The molecule has 0 spiro atoms. The molecule has 0 unspecified atom stereocenters. The average molecular weight is 292 g/mol. The Balaban J connectivity index is 1.57. The third-order valence-electron chi connectivity index (χ3n) is 4.33. The van der Waals surface area contributed by atoms with Crippen molar-refractivity contribution in [2.75, 3.05) is 19.6 Å². The second-order valence-electron chi connectivity index (χ2n) is 5.64. The number of carbonyl (C=O) groups is 2. The van der Waals surface area contributed by atoms with E-state index in [1.165, 1.54) is 0 Å². The van der Waals surface area contributed by atoms with Crippen molar-refractivity contribution in [3.8, 4) is 0 Å². The van der Waals surface area contributed by atoms with E-state index in [9.17, 15) is 9.59 Å². The monoisotopic (exact) mass is 292 g/mol. The van der Waals surface area contributed by atoms with Crippen LogP contribution in [0.5, 0.6) is 0 Å². The highest BCUT2D eigenvalue weighted by Gasteiger charge is 2.32. The second-order valence-corrected chi connectivity index (χ2v) is 5.64. The van der Waals surface area contributed by atoms with Crippen LogP contribution in [0.25, 0.3) is 0 Å². The van der Waals surface area contributed by atoms with Crippen LogP contribution in [0.3, 0.4) is 0 Å². The number of nitrogens with zero attached hydrogens (tertiary/aromatic N) is 2. The van der Waals surface area contributed by atoms with Crippen LogP contribution >= 0.6 is 0 Å². The highest BCUT2D eigenvalue weighted by Crippen LogP contribution is 2.23. The van der Waals surface area contributed by atoms with Crippen LogP contribution in [0.1, 0.15) is 42.0 Å². The predicted octanol–water partition coefficient (Wildman–Crippen LogP) is 0.999. The van der Waals surface area contributed by atoms with Gasteiger partial charge in [0, 0.05) is 32.1 Å². The molecule has 2 aliphatic heterocycles. The predicted molar refractivity (Wildman–Crippen MR) is 74.5 cm³/mol. The van der Waals surface area contributed by atoms with Gasteiger partial charge in [0.2, 0.25) is 5.91 Å². The molecule has 114 valence electrons. The number of aliphatic hydroxyl groups excluding tert-OH is 1. The van der Waals surface area contributed by atoms with E-state index in [1.54, 1.807) is 17.0 Å². The summed E-state index contributed by atoms with van der Waals surface area (Å²) in [6.07, 6.45) is 3.26. The van der Waals surface area contributed by atoms with E-state index < -0.39 is 0 Å². The van der Waals surface area contributed by atoms with Gasteiger partial charge in [0.1, 0.15) is 12.4 Å². The van der Waals surface area contributed by atoms with Gasteiger partial charge in [-0.25, -0.2) is 0 Å². The van der Waals surface area contributed by atoms with E-state index in [0.29, 0.717) is 25.3 Å². The van der Waals surface area contributed by atoms with Crippen molar-refractivity contribution in [3.63, 3.8) is 0 Å². The summed E-state index contributed by atoms with van der Waals surface area (Å²) in [6.45, 7) is 1.94. The van der Waals surface area contributed by atoms with Crippen molar-refractivity contribution >= 4 is 11.8 Å². The van der Waals surface area contributed by atoms with Crippen LogP contribution in [0, 0.1) is 0 Å². The fourth-order valence-electron chi connectivity index (χ4n) is 3.17. The molecule has 0 saturated carbocycles. The number of amides is 2. The SMILES string of the molecule is O=C(c1ccc(CO)o1)N1CCC(N2CCCC2=O)CC1.